The van der Waals surface area contributed by atoms with Crippen LogP contribution in [0.25, 0.3) is 0 Å². The molecule has 0 amide bonds. The molecule has 1 aromatic carbocycles. The Labute approximate surface area is 114 Å². The van der Waals surface area contributed by atoms with Crippen molar-refractivity contribution in [1.82, 2.24) is 0 Å². The first-order valence-electron chi connectivity index (χ1n) is 6.39. The van der Waals surface area contributed by atoms with E-state index in [-0.39, 0.29) is 16.0 Å². The average molecular weight is 283 g/mol. The van der Waals surface area contributed by atoms with Crippen molar-refractivity contribution in [2.45, 2.75) is 44.0 Å². The Balaban J connectivity index is 2.22. The van der Waals surface area contributed by atoms with Gasteiger partial charge in [0.1, 0.15) is 4.90 Å². The van der Waals surface area contributed by atoms with Crippen molar-refractivity contribution < 1.29 is 8.42 Å². The number of sulfonamides is 1. The smallest absolute Gasteiger partial charge is 0.240 e. The van der Waals surface area contributed by atoms with E-state index in [9.17, 15) is 8.42 Å². The van der Waals surface area contributed by atoms with Gasteiger partial charge >= 0.3 is 0 Å². The number of hydrogen-bond donors (Lipinski definition) is 3. The van der Waals surface area contributed by atoms with Gasteiger partial charge in [-0.05, 0) is 36.5 Å². The van der Waals surface area contributed by atoms with E-state index >= 15 is 0 Å². The molecule has 1 unspecified atom stereocenters. The lowest BCUT2D eigenvalue weighted by atomic mass is 9.87. The van der Waals surface area contributed by atoms with E-state index in [2.05, 4.69) is 19.2 Å². The Morgan fingerprint density at radius 3 is 2.53 bits per heavy atom. The van der Waals surface area contributed by atoms with Gasteiger partial charge in [-0.3, -0.25) is 0 Å². The van der Waals surface area contributed by atoms with E-state index in [1.165, 1.54) is 18.9 Å². The minimum atomic E-state index is -3.75. The van der Waals surface area contributed by atoms with Crippen molar-refractivity contribution in [3.63, 3.8) is 0 Å². The number of benzene rings is 1. The van der Waals surface area contributed by atoms with E-state index < -0.39 is 10.0 Å². The van der Waals surface area contributed by atoms with Crippen LogP contribution >= 0.6 is 0 Å². The highest BCUT2D eigenvalue weighted by Crippen LogP contribution is 2.39. The minimum Gasteiger partial charge on any atom is -0.398 e. The lowest BCUT2D eigenvalue weighted by Gasteiger charge is -2.29. The first kappa shape index (κ1) is 14.1. The molecule has 0 radical (unpaired) electrons. The predicted molar refractivity (Wildman–Crippen MR) is 77.3 cm³/mol. The summed E-state index contributed by atoms with van der Waals surface area (Å²) in [5, 5.41) is 8.52. The van der Waals surface area contributed by atoms with Crippen LogP contribution in [-0.2, 0) is 10.0 Å². The predicted octanol–water partition coefficient (Wildman–Crippen LogP) is 1.91. The number of primary sulfonamides is 1. The Morgan fingerprint density at radius 1 is 1.37 bits per heavy atom. The molecule has 5 nitrogen and oxygen atoms in total. The molecule has 0 aromatic heterocycles. The van der Waals surface area contributed by atoms with Crippen molar-refractivity contribution >= 4 is 21.4 Å². The van der Waals surface area contributed by atoms with E-state index in [0.29, 0.717) is 6.04 Å². The molecule has 1 aromatic rings. The fourth-order valence-corrected chi connectivity index (χ4v) is 3.34. The van der Waals surface area contributed by atoms with E-state index in [1.807, 2.05) is 0 Å². The third kappa shape index (κ3) is 3.01. The Morgan fingerprint density at radius 2 is 2.05 bits per heavy atom. The van der Waals surface area contributed by atoms with Gasteiger partial charge in [-0.2, -0.15) is 0 Å². The maximum atomic E-state index is 11.3. The monoisotopic (exact) mass is 283 g/mol. The number of nitrogens with two attached hydrogens (primary N) is 2. The second-order valence-corrected chi connectivity index (χ2v) is 7.41. The molecule has 0 spiro atoms. The van der Waals surface area contributed by atoms with Crippen LogP contribution in [0, 0.1) is 5.41 Å². The van der Waals surface area contributed by atoms with Crippen LogP contribution in [0.15, 0.2) is 23.1 Å². The van der Waals surface area contributed by atoms with Crippen LogP contribution in [0.4, 0.5) is 11.4 Å². The van der Waals surface area contributed by atoms with Gasteiger partial charge in [-0.1, -0.05) is 20.3 Å². The third-order valence-corrected chi connectivity index (χ3v) is 4.90. The molecule has 5 N–H and O–H groups in total. The quantitative estimate of drug-likeness (QED) is 0.738. The van der Waals surface area contributed by atoms with Crippen LogP contribution in [0.2, 0.25) is 0 Å². The lowest BCUT2D eigenvalue weighted by molar-refractivity contribution is 0.350. The van der Waals surface area contributed by atoms with E-state index in [0.717, 1.165) is 12.1 Å². The number of rotatable bonds is 3. The van der Waals surface area contributed by atoms with Crippen molar-refractivity contribution in [2.75, 3.05) is 11.1 Å². The van der Waals surface area contributed by atoms with Crippen LogP contribution < -0.4 is 16.2 Å². The highest BCUT2D eigenvalue weighted by Gasteiger charge is 2.34. The summed E-state index contributed by atoms with van der Waals surface area (Å²) < 4.78 is 22.6. The first-order chi connectivity index (χ1) is 8.70. The van der Waals surface area contributed by atoms with Crippen LogP contribution in [0.1, 0.15) is 33.1 Å². The van der Waals surface area contributed by atoms with Crippen molar-refractivity contribution in [1.29, 1.82) is 0 Å². The third-order valence-electron chi connectivity index (χ3n) is 3.91. The number of hydrogen-bond acceptors (Lipinski definition) is 4. The summed E-state index contributed by atoms with van der Waals surface area (Å²) in [6.07, 6.45) is 3.51. The fourth-order valence-electron chi connectivity index (χ4n) is 2.69. The van der Waals surface area contributed by atoms with Crippen LogP contribution in [0.3, 0.4) is 0 Å². The van der Waals surface area contributed by atoms with Crippen molar-refractivity contribution in [2.24, 2.45) is 10.6 Å². The molecular formula is C13H21N3O2S. The van der Waals surface area contributed by atoms with Gasteiger partial charge in [0, 0.05) is 11.7 Å². The average Bonchev–Trinajstić information content (AvgIpc) is 2.56. The highest BCUT2D eigenvalue weighted by molar-refractivity contribution is 7.89. The van der Waals surface area contributed by atoms with Gasteiger partial charge in [-0.15, -0.1) is 0 Å². The van der Waals surface area contributed by atoms with Gasteiger partial charge in [0.05, 0.1) is 5.69 Å². The largest absolute Gasteiger partial charge is 0.398 e. The zero-order valence-corrected chi connectivity index (χ0v) is 12.1. The maximum Gasteiger partial charge on any atom is 0.240 e. The molecule has 0 heterocycles. The summed E-state index contributed by atoms with van der Waals surface area (Å²) in [6, 6.07) is 5.18. The molecule has 19 heavy (non-hydrogen) atoms. The zero-order valence-electron chi connectivity index (χ0n) is 11.3. The maximum absolute atomic E-state index is 11.3. The topological polar surface area (TPSA) is 98.2 Å². The highest BCUT2D eigenvalue weighted by atomic mass is 32.2. The van der Waals surface area contributed by atoms with Crippen LogP contribution in [-0.4, -0.2) is 14.5 Å². The van der Waals surface area contributed by atoms with Gasteiger partial charge in [-0.25, -0.2) is 13.6 Å². The molecule has 1 aliphatic rings. The molecule has 0 bridgehead atoms. The molecular weight excluding hydrogens is 262 g/mol. The molecule has 1 atom stereocenters. The summed E-state index contributed by atoms with van der Waals surface area (Å²) in [4.78, 5) is -0.0243. The SMILES string of the molecule is CC1(C)CCCC1Nc1ccc(S(N)(=O)=O)c(N)c1. The molecule has 6 heteroatoms. The lowest BCUT2D eigenvalue weighted by Crippen LogP contribution is -2.30. The molecule has 1 saturated carbocycles. The minimum absolute atomic E-state index is 0.0243. The van der Waals surface area contributed by atoms with Crippen LogP contribution in [0.5, 0.6) is 0 Å². The molecule has 2 rings (SSSR count). The Kier molecular flexibility index (Phi) is 3.49. The van der Waals surface area contributed by atoms with Gasteiger partial charge < -0.3 is 11.1 Å². The Bertz CT molecular complexity index is 582. The second-order valence-electron chi connectivity index (χ2n) is 5.88. The number of nitrogens with one attached hydrogen (secondary N) is 1. The van der Waals surface area contributed by atoms with Crippen molar-refractivity contribution in [3.8, 4) is 0 Å². The van der Waals surface area contributed by atoms with E-state index in [4.69, 9.17) is 10.9 Å². The summed E-state index contributed by atoms with van der Waals surface area (Å²) >= 11 is 0. The summed E-state index contributed by atoms with van der Waals surface area (Å²) in [5.74, 6) is 0. The van der Waals surface area contributed by atoms with Gasteiger partial charge in [0.25, 0.3) is 0 Å². The standard InChI is InChI=1S/C13H21N3O2S/c1-13(2)7-3-4-12(13)16-9-5-6-11(10(14)8-9)19(15,17)18/h5-6,8,12,16H,3-4,7,14H2,1-2H3,(H2,15,17,18). The second kappa shape index (κ2) is 4.68. The number of nitrogen functional groups attached to an aromatic ring is 1. The van der Waals surface area contributed by atoms with Gasteiger partial charge in [0.2, 0.25) is 10.0 Å². The molecule has 0 saturated heterocycles. The van der Waals surface area contributed by atoms with E-state index in [1.54, 1.807) is 12.1 Å². The normalized spacial score (nSPS) is 22.4. The van der Waals surface area contributed by atoms with Gasteiger partial charge in [0.15, 0.2) is 0 Å². The summed E-state index contributed by atoms with van der Waals surface area (Å²) in [7, 11) is -3.75. The zero-order chi connectivity index (χ0) is 14.3. The molecule has 1 aliphatic carbocycles. The molecule has 106 valence electrons. The first-order valence-corrected chi connectivity index (χ1v) is 7.94. The Hall–Kier alpha value is -1.27. The molecule has 0 aliphatic heterocycles. The molecule has 1 fully saturated rings. The fraction of sp³-hybridized carbons (Fsp3) is 0.538. The summed E-state index contributed by atoms with van der Waals surface area (Å²) in [5.41, 5.74) is 7.02. The number of anilines is 2. The van der Waals surface area contributed by atoms with Crippen molar-refractivity contribution in [3.05, 3.63) is 18.2 Å². The summed E-state index contributed by atoms with van der Waals surface area (Å²) in [6.45, 7) is 4.47.